The molecule has 1 fully saturated rings. The molecule has 0 bridgehead atoms. The number of allylic oxidation sites excluding steroid dienone is 1. The highest BCUT2D eigenvalue weighted by atomic mass is 32.1. The molecule has 1 aromatic rings. The van der Waals surface area contributed by atoms with Crippen LogP contribution in [0.2, 0.25) is 0 Å². The predicted octanol–water partition coefficient (Wildman–Crippen LogP) is 4.10. The van der Waals surface area contributed by atoms with Gasteiger partial charge in [-0.15, -0.1) is 0 Å². The van der Waals surface area contributed by atoms with E-state index in [2.05, 4.69) is 33.0 Å². The Bertz CT molecular complexity index is 660. The summed E-state index contributed by atoms with van der Waals surface area (Å²) in [6.45, 7) is 11.0. The molecule has 1 saturated heterocycles. The maximum Gasteiger partial charge on any atom is 0.247 e. The van der Waals surface area contributed by atoms with E-state index < -0.39 is 0 Å². The van der Waals surface area contributed by atoms with E-state index in [1.807, 2.05) is 37.3 Å². The van der Waals surface area contributed by atoms with Gasteiger partial charge in [0, 0.05) is 18.7 Å². The second-order valence-electron chi connectivity index (χ2n) is 8.16. The number of rotatable bonds is 6. The topological polar surface area (TPSA) is 49.4 Å². The van der Waals surface area contributed by atoms with Crippen molar-refractivity contribution < 1.29 is 9.59 Å². The number of piperazine rings is 1. The zero-order chi connectivity index (χ0) is 19.3. The number of amides is 2. The largest absolute Gasteiger partial charge is 0.350 e. The standard InChI is InChI=1S/C22H32N2O2.2H2S/c1-15(2)11-19-14-24(20(12-16(3)4)22(26)23-19)21(25)13-17(5)18-9-7-6-8-10-18;;/h6-10,13,15-16,19-20H,11-12,14H2,1-5H3,(H,23,26);2*1H2/b17-13+;;/t19-,20-;;/m0../s1. The number of carbonyl (C=O) groups is 2. The molecular formula is C22H36N2O2S2. The quantitative estimate of drug-likeness (QED) is 0.699. The van der Waals surface area contributed by atoms with Crippen LogP contribution in [0, 0.1) is 11.8 Å². The van der Waals surface area contributed by atoms with E-state index in [4.69, 9.17) is 0 Å². The fraction of sp³-hybridized carbons (Fsp3) is 0.545. The summed E-state index contributed by atoms with van der Waals surface area (Å²) in [6.07, 6.45) is 3.24. The molecule has 0 radical (unpaired) electrons. The van der Waals surface area contributed by atoms with Gasteiger partial charge in [0.15, 0.2) is 0 Å². The van der Waals surface area contributed by atoms with Crippen molar-refractivity contribution in [3.05, 3.63) is 42.0 Å². The highest BCUT2D eigenvalue weighted by Gasteiger charge is 2.37. The van der Waals surface area contributed by atoms with Crippen molar-refractivity contribution in [2.75, 3.05) is 6.54 Å². The Hall–Kier alpha value is -1.40. The fourth-order valence-electron chi connectivity index (χ4n) is 3.53. The van der Waals surface area contributed by atoms with Crippen LogP contribution in [0.1, 0.15) is 53.0 Å². The second-order valence-corrected chi connectivity index (χ2v) is 8.16. The molecule has 0 aromatic heterocycles. The van der Waals surface area contributed by atoms with Crippen molar-refractivity contribution in [3.8, 4) is 0 Å². The Kier molecular flexibility index (Phi) is 11.6. The lowest BCUT2D eigenvalue weighted by molar-refractivity contribution is -0.142. The van der Waals surface area contributed by atoms with Crippen molar-refractivity contribution in [2.45, 2.75) is 59.5 Å². The lowest BCUT2D eigenvalue weighted by atomic mass is 9.94. The molecule has 0 unspecified atom stereocenters. The fourth-order valence-corrected chi connectivity index (χ4v) is 3.53. The molecule has 2 amide bonds. The van der Waals surface area contributed by atoms with E-state index in [1.54, 1.807) is 11.0 Å². The summed E-state index contributed by atoms with van der Waals surface area (Å²) in [5, 5.41) is 3.12. The first-order valence-electron chi connectivity index (χ1n) is 9.62. The van der Waals surface area contributed by atoms with Gasteiger partial charge in [-0.25, -0.2) is 0 Å². The summed E-state index contributed by atoms with van der Waals surface area (Å²) in [4.78, 5) is 27.5. The lowest BCUT2D eigenvalue weighted by Crippen LogP contribution is -2.61. The van der Waals surface area contributed by atoms with E-state index >= 15 is 0 Å². The van der Waals surface area contributed by atoms with Crippen LogP contribution in [-0.2, 0) is 9.59 Å². The number of hydrogen-bond acceptors (Lipinski definition) is 2. The molecule has 6 heteroatoms. The smallest absolute Gasteiger partial charge is 0.247 e. The highest BCUT2D eigenvalue weighted by Crippen LogP contribution is 2.21. The number of nitrogens with zero attached hydrogens (tertiary/aromatic N) is 1. The third-order valence-electron chi connectivity index (χ3n) is 4.75. The maximum absolute atomic E-state index is 13.0. The minimum Gasteiger partial charge on any atom is -0.350 e. The Balaban J connectivity index is 0.00000364. The van der Waals surface area contributed by atoms with Gasteiger partial charge in [-0.05, 0) is 42.7 Å². The molecule has 0 saturated carbocycles. The predicted molar refractivity (Wildman–Crippen MR) is 127 cm³/mol. The molecule has 158 valence electrons. The second kappa shape index (κ2) is 12.2. The monoisotopic (exact) mass is 424 g/mol. The first-order valence-corrected chi connectivity index (χ1v) is 9.62. The Morgan fingerprint density at radius 3 is 2.21 bits per heavy atom. The van der Waals surface area contributed by atoms with E-state index in [0.717, 1.165) is 17.6 Å². The van der Waals surface area contributed by atoms with Crippen molar-refractivity contribution >= 4 is 44.4 Å². The van der Waals surface area contributed by atoms with Crippen LogP contribution in [0.5, 0.6) is 0 Å². The highest BCUT2D eigenvalue weighted by molar-refractivity contribution is 7.59. The first kappa shape index (κ1) is 26.6. The zero-order valence-corrected chi connectivity index (χ0v) is 19.7. The Morgan fingerprint density at radius 2 is 1.68 bits per heavy atom. The molecule has 4 nitrogen and oxygen atoms in total. The average Bonchev–Trinajstić information content (AvgIpc) is 2.56. The summed E-state index contributed by atoms with van der Waals surface area (Å²) >= 11 is 0. The molecule has 2 rings (SSSR count). The van der Waals surface area contributed by atoms with Gasteiger partial charge in [0.1, 0.15) is 6.04 Å². The maximum atomic E-state index is 13.0. The molecule has 1 N–H and O–H groups in total. The van der Waals surface area contributed by atoms with Gasteiger partial charge in [0.05, 0.1) is 0 Å². The third kappa shape index (κ3) is 7.55. The summed E-state index contributed by atoms with van der Waals surface area (Å²) in [5.74, 6) is 0.734. The molecule has 28 heavy (non-hydrogen) atoms. The normalized spacial score (nSPS) is 19.8. The van der Waals surface area contributed by atoms with Crippen LogP contribution < -0.4 is 5.32 Å². The van der Waals surface area contributed by atoms with E-state index in [9.17, 15) is 9.59 Å². The van der Waals surface area contributed by atoms with Gasteiger partial charge in [0.2, 0.25) is 11.8 Å². The van der Waals surface area contributed by atoms with E-state index in [-0.39, 0.29) is 50.9 Å². The molecule has 1 aliphatic rings. The van der Waals surface area contributed by atoms with E-state index in [0.29, 0.717) is 24.8 Å². The van der Waals surface area contributed by atoms with Gasteiger partial charge in [0.25, 0.3) is 0 Å². The van der Waals surface area contributed by atoms with Crippen molar-refractivity contribution in [2.24, 2.45) is 11.8 Å². The minimum absolute atomic E-state index is 0. The average molecular weight is 425 g/mol. The van der Waals surface area contributed by atoms with Gasteiger partial charge in [-0.1, -0.05) is 58.0 Å². The summed E-state index contributed by atoms with van der Waals surface area (Å²) in [5.41, 5.74) is 1.95. The van der Waals surface area contributed by atoms with Crippen LogP contribution in [0.3, 0.4) is 0 Å². The van der Waals surface area contributed by atoms with Crippen molar-refractivity contribution in [1.29, 1.82) is 0 Å². The minimum atomic E-state index is -0.384. The summed E-state index contributed by atoms with van der Waals surface area (Å²) < 4.78 is 0. The van der Waals surface area contributed by atoms with Crippen LogP contribution in [0.25, 0.3) is 5.57 Å². The van der Waals surface area contributed by atoms with E-state index in [1.165, 1.54) is 0 Å². The number of benzene rings is 1. The molecule has 2 atom stereocenters. The zero-order valence-electron chi connectivity index (χ0n) is 17.7. The molecule has 1 aromatic carbocycles. The van der Waals surface area contributed by atoms with Crippen molar-refractivity contribution in [1.82, 2.24) is 10.2 Å². The van der Waals surface area contributed by atoms with Crippen molar-refractivity contribution in [3.63, 3.8) is 0 Å². The van der Waals surface area contributed by atoms with Crippen LogP contribution >= 0.6 is 27.0 Å². The molecular weight excluding hydrogens is 388 g/mol. The van der Waals surface area contributed by atoms with Gasteiger partial charge in [-0.2, -0.15) is 27.0 Å². The third-order valence-corrected chi connectivity index (χ3v) is 4.75. The van der Waals surface area contributed by atoms with Gasteiger partial charge >= 0.3 is 0 Å². The molecule has 1 aliphatic heterocycles. The first-order chi connectivity index (χ1) is 12.3. The molecule has 0 aliphatic carbocycles. The summed E-state index contributed by atoms with van der Waals surface area (Å²) in [7, 11) is 0. The summed E-state index contributed by atoms with van der Waals surface area (Å²) in [6, 6.07) is 9.52. The Morgan fingerprint density at radius 1 is 1.11 bits per heavy atom. The van der Waals surface area contributed by atoms with Gasteiger partial charge in [-0.3, -0.25) is 9.59 Å². The molecule has 0 spiro atoms. The number of hydrogen-bond donors (Lipinski definition) is 1. The number of nitrogens with one attached hydrogen (secondary N) is 1. The lowest BCUT2D eigenvalue weighted by Gasteiger charge is -2.40. The molecule has 1 heterocycles. The van der Waals surface area contributed by atoms with Crippen LogP contribution in [-0.4, -0.2) is 35.3 Å². The SMILES string of the molecule is C/C(=C\C(=O)N1C[C@H](CC(C)C)NC(=O)[C@@H]1CC(C)C)c1ccccc1.S.S. The van der Waals surface area contributed by atoms with Crippen LogP contribution in [0.15, 0.2) is 36.4 Å². The van der Waals surface area contributed by atoms with Gasteiger partial charge < -0.3 is 10.2 Å². The van der Waals surface area contributed by atoms with Crippen LogP contribution in [0.4, 0.5) is 0 Å². The number of carbonyl (C=O) groups excluding carboxylic acids is 2. The Labute approximate surface area is 184 Å².